The highest BCUT2D eigenvalue weighted by Gasteiger charge is 2.25. The minimum atomic E-state index is -0.204. The van der Waals surface area contributed by atoms with E-state index in [-0.39, 0.29) is 30.4 Å². The number of para-hydroxylation sites is 1. The SMILES string of the molecule is COc1ccc(C)cc1[C@@H](C)NCC(=O)Nc1ccccc1C(=O)NC1CC1. The van der Waals surface area contributed by atoms with Crippen molar-refractivity contribution in [2.45, 2.75) is 38.8 Å². The molecule has 0 aromatic heterocycles. The van der Waals surface area contributed by atoms with Crippen LogP contribution in [0.15, 0.2) is 42.5 Å². The van der Waals surface area contributed by atoms with Crippen molar-refractivity contribution in [2.75, 3.05) is 19.0 Å². The van der Waals surface area contributed by atoms with E-state index in [4.69, 9.17) is 4.74 Å². The quantitative estimate of drug-likeness (QED) is 0.656. The van der Waals surface area contributed by atoms with Crippen LogP contribution in [0.3, 0.4) is 0 Å². The molecule has 2 aromatic rings. The van der Waals surface area contributed by atoms with Crippen molar-refractivity contribution in [3.8, 4) is 5.75 Å². The molecule has 6 heteroatoms. The van der Waals surface area contributed by atoms with Gasteiger partial charge in [-0.3, -0.25) is 9.59 Å². The average molecular weight is 381 g/mol. The first-order valence-electron chi connectivity index (χ1n) is 9.55. The van der Waals surface area contributed by atoms with Crippen LogP contribution in [-0.4, -0.2) is 31.5 Å². The van der Waals surface area contributed by atoms with Crippen LogP contribution in [0.1, 0.15) is 47.3 Å². The largest absolute Gasteiger partial charge is 0.496 e. The number of carbonyl (C=O) groups excluding carboxylic acids is 2. The number of hydrogen-bond acceptors (Lipinski definition) is 4. The van der Waals surface area contributed by atoms with Crippen LogP contribution in [0.25, 0.3) is 0 Å². The molecule has 0 unspecified atom stereocenters. The molecule has 3 N–H and O–H groups in total. The average Bonchev–Trinajstić information content (AvgIpc) is 3.50. The molecule has 1 fully saturated rings. The summed E-state index contributed by atoms with van der Waals surface area (Å²) in [6.45, 7) is 4.13. The van der Waals surface area contributed by atoms with Gasteiger partial charge >= 0.3 is 0 Å². The van der Waals surface area contributed by atoms with Crippen molar-refractivity contribution in [3.63, 3.8) is 0 Å². The fraction of sp³-hybridized carbons (Fsp3) is 0.364. The number of amides is 2. The Hall–Kier alpha value is -2.86. The zero-order chi connectivity index (χ0) is 20.1. The number of ether oxygens (including phenoxy) is 1. The van der Waals surface area contributed by atoms with Crippen LogP contribution >= 0.6 is 0 Å². The Kier molecular flexibility index (Phi) is 6.31. The molecule has 0 heterocycles. The van der Waals surface area contributed by atoms with Gasteiger partial charge in [0, 0.05) is 17.6 Å². The standard InChI is InChI=1S/C22H27N3O3/c1-14-8-11-20(28-3)18(12-14)15(2)23-13-21(26)25-19-7-5-4-6-17(19)22(27)24-16-9-10-16/h4-8,11-12,15-16,23H,9-10,13H2,1-3H3,(H,24,27)(H,25,26)/t15-/m1/s1. The van der Waals surface area contributed by atoms with Crippen molar-refractivity contribution in [2.24, 2.45) is 0 Å². The van der Waals surface area contributed by atoms with E-state index >= 15 is 0 Å². The fourth-order valence-corrected chi connectivity index (χ4v) is 3.02. The molecule has 1 atom stereocenters. The summed E-state index contributed by atoms with van der Waals surface area (Å²) >= 11 is 0. The predicted octanol–water partition coefficient (Wildman–Crippen LogP) is 3.19. The smallest absolute Gasteiger partial charge is 0.253 e. The van der Waals surface area contributed by atoms with E-state index in [0.717, 1.165) is 29.7 Å². The van der Waals surface area contributed by atoms with Gasteiger partial charge in [-0.1, -0.05) is 29.8 Å². The minimum Gasteiger partial charge on any atom is -0.496 e. The van der Waals surface area contributed by atoms with Gasteiger partial charge in [-0.25, -0.2) is 0 Å². The minimum absolute atomic E-state index is 0.0611. The van der Waals surface area contributed by atoms with Crippen LogP contribution in [0, 0.1) is 6.92 Å². The maximum atomic E-state index is 12.4. The van der Waals surface area contributed by atoms with Crippen molar-refractivity contribution < 1.29 is 14.3 Å². The highest BCUT2D eigenvalue weighted by Crippen LogP contribution is 2.26. The van der Waals surface area contributed by atoms with Gasteiger partial charge in [0.05, 0.1) is 24.9 Å². The third kappa shape index (κ3) is 5.10. The molecule has 28 heavy (non-hydrogen) atoms. The van der Waals surface area contributed by atoms with E-state index in [1.165, 1.54) is 0 Å². The maximum Gasteiger partial charge on any atom is 0.253 e. The summed E-state index contributed by atoms with van der Waals surface area (Å²) in [7, 11) is 1.64. The van der Waals surface area contributed by atoms with E-state index in [2.05, 4.69) is 16.0 Å². The van der Waals surface area contributed by atoms with E-state index in [1.54, 1.807) is 31.4 Å². The Morgan fingerprint density at radius 2 is 1.93 bits per heavy atom. The number of carbonyl (C=O) groups is 2. The predicted molar refractivity (Wildman–Crippen MR) is 110 cm³/mol. The van der Waals surface area contributed by atoms with Crippen molar-refractivity contribution >= 4 is 17.5 Å². The van der Waals surface area contributed by atoms with E-state index in [0.29, 0.717) is 11.3 Å². The van der Waals surface area contributed by atoms with Gasteiger partial charge in [0.25, 0.3) is 5.91 Å². The maximum absolute atomic E-state index is 12.4. The zero-order valence-electron chi connectivity index (χ0n) is 16.5. The molecule has 148 valence electrons. The molecule has 0 radical (unpaired) electrons. The van der Waals surface area contributed by atoms with Crippen LogP contribution in [0.4, 0.5) is 5.69 Å². The Balaban J connectivity index is 1.60. The number of anilines is 1. The summed E-state index contributed by atoms with van der Waals surface area (Å²) < 4.78 is 5.42. The van der Waals surface area contributed by atoms with Gasteiger partial charge in [0.15, 0.2) is 0 Å². The molecule has 6 nitrogen and oxygen atoms in total. The lowest BCUT2D eigenvalue weighted by Crippen LogP contribution is -2.31. The molecule has 1 aliphatic rings. The summed E-state index contributed by atoms with van der Waals surface area (Å²) in [5.41, 5.74) is 3.13. The molecular formula is C22H27N3O3. The van der Waals surface area contributed by atoms with Crippen LogP contribution < -0.4 is 20.7 Å². The first kappa shape index (κ1) is 19.9. The van der Waals surface area contributed by atoms with Gasteiger partial charge in [0.1, 0.15) is 5.75 Å². The van der Waals surface area contributed by atoms with Crippen LogP contribution in [0.5, 0.6) is 5.75 Å². The Bertz CT molecular complexity index is 862. The molecule has 0 spiro atoms. The molecule has 0 bridgehead atoms. The highest BCUT2D eigenvalue weighted by atomic mass is 16.5. The lowest BCUT2D eigenvalue weighted by molar-refractivity contribution is -0.115. The summed E-state index contributed by atoms with van der Waals surface area (Å²) in [4.78, 5) is 24.8. The fourth-order valence-electron chi connectivity index (χ4n) is 3.02. The van der Waals surface area contributed by atoms with Crippen LogP contribution in [0.2, 0.25) is 0 Å². The number of nitrogens with one attached hydrogen (secondary N) is 3. The second kappa shape index (κ2) is 8.89. The van der Waals surface area contributed by atoms with Crippen LogP contribution in [-0.2, 0) is 4.79 Å². The molecule has 0 saturated heterocycles. The molecule has 3 rings (SSSR count). The topological polar surface area (TPSA) is 79.5 Å². The number of rotatable bonds is 8. The molecule has 1 saturated carbocycles. The third-order valence-electron chi connectivity index (χ3n) is 4.78. The van der Waals surface area contributed by atoms with E-state index < -0.39 is 0 Å². The third-order valence-corrected chi connectivity index (χ3v) is 4.78. The van der Waals surface area contributed by atoms with Gasteiger partial charge in [-0.15, -0.1) is 0 Å². The monoisotopic (exact) mass is 381 g/mol. The van der Waals surface area contributed by atoms with Gasteiger partial charge in [0.2, 0.25) is 5.91 Å². The van der Waals surface area contributed by atoms with Gasteiger partial charge in [-0.05, 0) is 44.9 Å². The van der Waals surface area contributed by atoms with E-state index in [9.17, 15) is 9.59 Å². The summed E-state index contributed by atoms with van der Waals surface area (Å²) in [5, 5.41) is 9.01. The summed E-state index contributed by atoms with van der Waals surface area (Å²) in [5.74, 6) is 0.433. The summed E-state index contributed by atoms with van der Waals surface area (Å²) in [6, 6.07) is 13.2. The van der Waals surface area contributed by atoms with Gasteiger partial charge in [-0.2, -0.15) is 0 Å². The van der Waals surface area contributed by atoms with Gasteiger partial charge < -0.3 is 20.7 Å². The zero-order valence-corrected chi connectivity index (χ0v) is 16.5. The Labute approximate surface area is 165 Å². The van der Waals surface area contributed by atoms with Crippen molar-refractivity contribution in [1.29, 1.82) is 0 Å². The number of benzene rings is 2. The molecule has 2 aromatic carbocycles. The molecule has 0 aliphatic heterocycles. The van der Waals surface area contributed by atoms with Crippen molar-refractivity contribution in [1.82, 2.24) is 10.6 Å². The number of aryl methyl sites for hydroxylation is 1. The number of methoxy groups -OCH3 is 1. The molecule has 2 amide bonds. The lowest BCUT2D eigenvalue weighted by Gasteiger charge is -2.18. The second-order valence-corrected chi connectivity index (χ2v) is 7.19. The molecule has 1 aliphatic carbocycles. The Morgan fingerprint density at radius 3 is 2.64 bits per heavy atom. The summed E-state index contributed by atoms with van der Waals surface area (Å²) in [6.07, 6.45) is 2.04. The normalized spacial score (nSPS) is 14.2. The molecular weight excluding hydrogens is 354 g/mol. The number of hydrogen-bond donors (Lipinski definition) is 3. The van der Waals surface area contributed by atoms with Crippen molar-refractivity contribution in [3.05, 3.63) is 59.2 Å². The first-order chi connectivity index (χ1) is 13.5. The second-order valence-electron chi connectivity index (χ2n) is 7.19. The Morgan fingerprint density at radius 1 is 1.18 bits per heavy atom. The lowest BCUT2D eigenvalue weighted by atomic mass is 10.0. The first-order valence-corrected chi connectivity index (χ1v) is 9.55. The van der Waals surface area contributed by atoms with E-state index in [1.807, 2.05) is 32.0 Å². The highest BCUT2D eigenvalue weighted by molar-refractivity contribution is 6.04.